The third-order valence-electron chi connectivity index (χ3n) is 1.96. The van der Waals surface area contributed by atoms with E-state index in [1.165, 1.54) is 0 Å². The highest BCUT2D eigenvalue weighted by Crippen LogP contribution is 2.07. The van der Waals surface area contributed by atoms with E-state index in [2.05, 4.69) is 11.9 Å². The second-order valence-corrected chi connectivity index (χ2v) is 2.91. The Hall–Kier alpha value is -1.32. The molecule has 0 heterocycles. The van der Waals surface area contributed by atoms with Crippen LogP contribution >= 0.6 is 0 Å². The molecule has 0 spiro atoms. The predicted octanol–water partition coefficient (Wildman–Crippen LogP) is 0.788. The Morgan fingerprint density at radius 1 is 1.62 bits per heavy atom. The first kappa shape index (κ1) is 11.7. The zero-order valence-electron chi connectivity index (χ0n) is 7.91. The molecule has 0 bridgehead atoms. The van der Waals surface area contributed by atoms with Gasteiger partial charge in [0.05, 0.1) is 0 Å². The number of rotatable bonds is 5. The van der Waals surface area contributed by atoms with Gasteiger partial charge < -0.3 is 10.4 Å². The average molecular weight is 185 g/mol. The maximum atomic E-state index is 10.9. The number of nitrogens with one attached hydrogen (secondary N) is 1. The predicted molar refractivity (Wildman–Crippen MR) is 49.2 cm³/mol. The van der Waals surface area contributed by atoms with Crippen molar-refractivity contribution in [1.82, 2.24) is 5.32 Å². The Morgan fingerprint density at radius 3 is 2.46 bits per heavy atom. The van der Waals surface area contributed by atoms with Gasteiger partial charge in [-0.15, -0.1) is 0 Å². The van der Waals surface area contributed by atoms with E-state index in [-0.39, 0.29) is 5.92 Å². The van der Waals surface area contributed by atoms with Gasteiger partial charge in [0.2, 0.25) is 5.91 Å². The van der Waals surface area contributed by atoms with Gasteiger partial charge in [-0.3, -0.25) is 4.79 Å². The molecule has 1 unspecified atom stereocenters. The summed E-state index contributed by atoms with van der Waals surface area (Å²) < 4.78 is 0. The van der Waals surface area contributed by atoms with Crippen molar-refractivity contribution in [3.05, 3.63) is 12.7 Å². The summed E-state index contributed by atoms with van der Waals surface area (Å²) in [5.41, 5.74) is 0. The lowest BCUT2D eigenvalue weighted by atomic mass is 9.99. The lowest BCUT2D eigenvalue weighted by Crippen LogP contribution is -2.44. The molecule has 0 aliphatic rings. The fourth-order valence-corrected chi connectivity index (χ4v) is 0.895. The SMILES string of the molecule is C=CC(=O)N[C@H](C(=O)O)C(C)CC. The summed E-state index contributed by atoms with van der Waals surface area (Å²) in [6.07, 6.45) is 1.77. The minimum Gasteiger partial charge on any atom is -0.480 e. The quantitative estimate of drug-likeness (QED) is 0.622. The third-order valence-corrected chi connectivity index (χ3v) is 1.96. The molecular formula is C9H15NO3. The summed E-state index contributed by atoms with van der Waals surface area (Å²) in [6.45, 7) is 6.91. The van der Waals surface area contributed by atoms with Crippen molar-refractivity contribution in [2.75, 3.05) is 0 Å². The number of carboxylic acids is 1. The first-order valence-corrected chi connectivity index (χ1v) is 4.18. The molecule has 2 N–H and O–H groups in total. The molecular weight excluding hydrogens is 170 g/mol. The standard InChI is InChI=1S/C9H15NO3/c1-4-6(3)8(9(12)13)10-7(11)5-2/h5-6,8H,2,4H2,1,3H3,(H,10,11)(H,12,13)/t6?,8-/m0/s1. The van der Waals surface area contributed by atoms with Gasteiger partial charge in [0, 0.05) is 0 Å². The number of hydrogen-bond donors (Lipinski definition) is 2. The van der Waals surface area contributed by atoms with Gasteiger partial charge >= 0.3 is 5.97 Å². The molecule has 2 atom stereocenters. The molecule has 0 radical (unpaired) electrons. The van der Waals surface area contributed by atoms with Gasteiger partial charge in [-0.1, -0.05) is 26.8 Å². The van der Waals surface area contributed by atoms with Crippen molar-refractivity contribution in [3.8, 4) is 0 Å². The van der Waals surface area contributed by atoms with E-state index in [0.29, 0.717) is 6.42 Å². The molecule has 0 aromatic carbocycles. The van der Waals surface area contributed by atoms with Gasteiger partial charge in [0.25, 0.3) is 0 Å². The van der Waals surface area contributed by atoms with Crippen LogP contribution in [-0.4, -0.2) is 23.0 Å². The Labute approximate surface area is 77.6 Å². The van der Waals surface area contributed by atoms with Crippen LogP contribution in [0.2, 0.25) is 0 Å². The molecule has 0 rings (SSSR count). The Bertz CT molecular complexity index is 213. The number of hydrogen-bond acceptors (Lipinski definition) is 2. The highest BCUT2D eigenvalue weighted by atomic mass is 16.4. The van der Waals surface area contributed by atoms with Crippen molar-refractivity contribution < 1.29 is 14.7 Å². The second-order valence-electron chi connectivity index (χ2n) is 2.91. The monoisotopic (exact) mass is 185 g/mol. The molecule has 0 saturated carbocycles. The van der Waals surface area contributed by atoms with E-state index in [1.807, 2.05) is 6.92 Å². The molecule has 13 heavy (non-hydrogen) atoms. The molecule has 4 heteroatoms. The molecule has 0 fully saturated rings. The maximum absolute atomic E-state index is 10.9. The van der Waals surface area contributed by atoms with Gasteiger partial charge in [-0.25, -0.2) is 4.79 Å². The summed E-state index contributed by atoms with van der Waals surface area (Å²) in [6, 6.07) is -0.824. The summed E-state index contributed by atoms with van der Waals surface area (Å²) in [4.78, 5) is 21.6. The van der Waals surface area contributed by atoms with E-state index in [0.717, 1.165) is 6.08 Å². The maximum Gasteiger partial charge on any atom is 0.326 e. The largest absolute Gasteiger partial charge is 0.480 e. The third kappa shape index (κ3) is 3.73. The van der Waals surface area contributed by atoms with E-state index < -0.39 is 17.9 Å². The van der Waals surface area contributed by atoms with Crippen LogP contribution in [0.5, 0.6) is 0 Å². The van der Waals surface area contributed by atoms with Crippen molar-refractivity contribution in [2.45, 2.75) is 26.3 Å². The van der Waals surface area contributed by atoms with Gasteiger partial charge in [0.1, 0.15) is 6.04 Å². The van der Waals surface area contributed by atoms with E-state index >= 15 is 0 Å². The first-order chi connectivity index (χ1) is 6.02. The van der Waals surface area contributed by atoms with Crippen LogP contribution in [0.25, 0.3) is 0 Å². The highest BCUT2D eigenvalue weighted by molar-refractivity contribution is 5.90. The van der Waals surface area contributed by atoms with E-state index in [1.54, 1.807) is 6.92 Å². The molecule has 0 aliphatic heterocycles. The molecule has 0 aromatic heterocycles. The van der Waals surface area contributed by atoms with Crippen molar-refractivity contribution in [2.24, 2.45) is 5.92 Å². The Kier molecular flexibility index (Phi) is 4.80. The van der Waals surface area contributed by atoms with Crippen LogP contribution < -0.4 is 5.32 Å². The van der Waals surface area contributed by atoms with Crippen LogP contribution in [0.4, 0.5) is 0 Å². The number of aliphatic carboxylic acids is 1. The Morgan fingerprint density at radius 2 is 2.15 bits per heavy atom. The van der Waals surface area contributed by atoms with Crippen molar-refractivity contribution >= 4 is 11.9 Å². The average Bonchev–Trinajstić information content (AvgIpc) is 2.11. The topological polar surface area (TPSA) is 66.4 Å². The van der Waals surface area contributed by atoms with Gasteiger partial charge in [0.15, 0.2) is 0 Å². The smallest absolute Gasteiger partial charge is 0.326 e. The summed E-state index contributed by atoms with van der Waals surface area (Å²) >= 11 is 0. The molecule has 4 nitrogen and oxygen atoms in total. The van der Waals surface area contributed by atoms with Crippen LogP contribution in [0.3, 0.4) is 0 Å². The molecule has 1 amide bonds. The lowest BCUT2D eigenvalue weighted by molar-refractivity contribution is -0.142. The fraction of sp³-hybridized carbons (Fsp3) is 0.556. The fourth-order valence-electron chi connectivity index (χ4n) is 0.895. The minimum atomic E-state index is -1.01. The van der Waals surface area contributed by atoms with E-state index in [4.69, 9.17) is 5.11 Å². The normalized spacial score (nSPS) is 14.3. The number of amides is 1. The first-order valence-electron chi connectivity index (χ1n) is 4.18. The lowest BCUT2D eigenvalue weighted by Gasteiger charge is -2.18. The van der Waals surface area contributed by atoms with Crippen LogP contribution in [0.1, 0.15) is 20.3 Å². The summed E-state index contributed by atoms with van der Waals surface area (Å²) in [7, 11) is 0. The van der Waals surface area contributed by atoms with E-state index in [9.17, 15) is 9.59 Å². The number of carboxylic acid groups (broad SMARTS) is 1. The molecule has 0 aromatic rings. The number of carbonyl (C=O) groups excluding carboxylic acids is 1. The second kappa shape index (κ2) is 5.35. The molecule has 74 valence electrons. The number of carbonyl (C=O) groups is 2. The highest BCUT2D eigenvalue weighted by Gasteiger charge is 2.24. The van der Waals surface area contributed by atoms with Crippen LogP contribution in [-0.2, 0) is 9.59 Å². The zero-order valence-corrected chi connectivity index (χ0v) is 7.91. The van der Waals surface area contributed by atoms with Crippen LogP contribution in [0, 0.1) is 5.92 Å². The van der Waals surface area contributed by atoms with Gasteiger partial charge in [-0.2, -0.15) is 0 Å². The van der Waals surface area contributed by atoms with Gasteiger partial charge in [-0.05, 0) is 12.0 Å². The zero-order chi connectivity index (χ0) is 10.4. The molecule has 0 saturated heterocycles. The van der Waals surface area contributed by atoms with Crippen molar-refractivity contribution in [3.63, 3.8) is 0 Å². The molecule has 0 aliphatic carbocycles. The Balaban J connectivity index is 4.34. The summed E-state index contributed by atoms with van der Waals surface area (Å²) in [5.74, 6) is -1.54. The van der Waals surface area contributed by atoms with Crippen LogP contribution in [0.15, 0.2) is 12.7 Å². The van der Waals surface area contributed by atoms with Crippen molar-refractivity contribution in [1.29, 1.82) is 0 Å². The summed E-state index contributed by atoms with van der Waals surface area (Å²) in [5, 5.41) is 11.1. The minimum absolute atomic E-state index is 0.0820.